The third kappa shape index (κ3) is 1.55. The molecule has 2 bridgehead atoms. The fourth-order valence-electron chi connectivity index (χ4n) is 3.58. The average Bonchev–Trinajstić information content (AvgIpc) is 2.41. The predicted molar refractivity (Wildman–Crippen MR) is 56.8 cm³/mol. The molecule has 0 saturated heterocycles. The predicted octanol–water partition coefficient (Wildman–Crippen LogP) is 2.19. The van der Waals surface area contributed by atoms with Crippen LogP contribution < -0.4 is 5.32 Å². The highest BCUT2D eigenvalue weighted by Gasteiger charge is 2.44. The van der Waals surface area contributed by atoms with Crippen molar-refractivity contribution in [1.29, 1.82) is 0 Å². The van der Waals surface area contributed by atoms with Crippen molar-refractivity contribution in [3.8, 4) is 0 Å². The largest absolute Gasteiger partial charge is 0.359 e. The molecule has 80 valence electrons. The maximum absolute atomic E-state index is 11.8. The summed E-state index contributed by atoms with van der Waals surface area (Å²) in [4.78, 5) is 11.8. The second kappa shape index (κ2) is 3.92. The van der Waals surface area contributed by atoms with Crippen molar-refractivity contribution < 1.29 is 4.79 Å². The lowest BCUT2D eigenvalue weighted by atomic mass is 9.82. The van der Waals surface area contributed by atoms with E-state index in [1.54, 1.807) is 7.05 Å². The van der Waals surface area contributed by atoms with Crippen LogP contribution in [0, 0.1) is 23.7 Å². The van der Waals surface area contributed by atoms with Crippen LogP contribution in [0.5, 0.6) is 0 Å². The first kappa shape index (κ1) is 10.0. The number of nitrogens with one attached hydrogen (secondary N) is 1. The van der Waals surface area contributed by atoms with E-state index in [1.165, 1.54) is 32.1 Å². The van der Waals surface area contributed by atoms with Crippen molar-refractivity contribution in [2.75, 3.05) is 7.05 Å². The maximum Gasteiger partial charge on any atom is 0.223 e. The average molecular weight is 195 g/mol. The minimum atomic E-state index is 0.284. The standard InChI is InChI=1S/C12H21NO/c1-8-9-5-3-4-6-10(7-9)11(8)12(14)13-2/h8-11H,3-7H2,1-2H3,(H,13,14)/t8?,9?,10?,11-/m1/s1. The van der Waals surface area contributed by atoms with Gasteiger partial charge >= 0.3 is 0 Å². The minimum absolute atomic E-state index is 0.284. The molecule has 14 heavy (non-hydrogen) atoms. The van der Waals surface area contributed by atoms with Crippen LogP contribution in [-0.4, -0.2) is 13.0 Å². The van der Waals surface area contributed by atoms with Gasteiger partial charge in [-0.2, -0.15) is 0 Å². The zero-order chi connectivity index (χ0) is 10.1. The number of rotatable bonds is 1. The smallest absolute Gasteiger partial charge is 0.223 e. The minimum Gasteiger partial charge on any atom is -0.359 e. The molecule has 0 aromatic heterocycles. The summed E-state index contributed by atoms with van der Waals surface area (Å²) in [6.45, 7) is 2.27. The highest BCUT2D eigenvalue weighted by Crippen LogP contribution is 2.48. The number of carbonyl (C=O) groups is 1. The molecule has 1 amide bonds. The van der Waals surface area contributed by atoms with E-state index >= 15 is 0 Å². The number of hydrogen-bond donors (Lipinski definition) is 1. The van der Waals surface area contributed by atoms with E-state index in [0.29, 0.717) is 17.8 Å². The van der Waals surface area contributed by atoms with Crippen LogP contribution in [0.15, 0.2) is 0 Å². The van der Waals surface area contributed by atoms with Crippen LogP contribution in [0.25, 0.3) is 0 Å². The Kier molecular flexibility index (Phi) is 2.80. The Balaban J connectivity index is 2.13. The Morgan fingerprint density at radius 2 is 1.86 bits per heavy atom. The molecule has 2 aliphatic carbocycles. The zero-order valence-electron chi connectivity index (χ0n) is 9.25. The Morgan fingerprint density at radius 1 is 1.21 bits per heavy atom. The molecule has 0 aromatic rings. The van der Waals surface area contributed by atoms with Crippen molar-refractivity contribution in [3.63, 3.8) is 0 Å². The van der Waals surface area contributed by atoms with Gasteiger partial charge in [0.1, 0.15) is 0 Å². The molecule has 0 aliphatic heterocycles. The topological polar surface area (TPSA) is 29.1 Å². The lowest BCUT2D eigenvalue weighted by Crippen LogP contribution is -2.34. The molecule has 1 N–H and O–H groups in total. The molecule has 0 spiro atoms. The molecule has 2 rings (SSSR count). The van der Waals surface area contributed by atoms with E-state index in [0.717, 1.165) is 5.92 Å². The fraction of sp³-hybridized carbons (Fsp3) is 0.917. The molecule has 2 fully saturated rings. The van der Waals surface area contributed by atoms with E-state index in [4.69, 9.17) is 0 Å². The third-order valence-electron chi connectivity index (χ3n) is 4.37. The Labute approximate surface area is 86.5 Å². The van der Waals surface area contributed by atoms with Crippen molar-refractivity contribution in [2.45, 2.75) is 39.0 Å². The fourth-order valence-corrected chi connectivity index (χ4v) is 3.58. The highest BCUT2D eigenvalue weighted by molar-refractivity contribution is 5.79. The molecule has 3 unspecified atom stereocenters. The van der Waals surface area contributed by atoms with Gasteiger partial charge in [0.2, 0.25) is 5.91 Å². The van der Waals surface area contributed by atoms with Crippen LogP contribution in [0.2, 0.25) is 0 Å². The number of amides is 1. The first-order chi connectivity index (χ1) is 6.74. The van der Waals surface area contributed by atoms with Crippen LogP contribution in [0.4, 0.5) is 0 Å². The Bertz CT molecular complexity index is 226. The molecule has 0 heterocycles. The second-order valence-corrected chi connectivity index (χ2v) is 5.04. The quantitative estimate of drug-likeness (QED) is 0.683. The van der Waals surface area contributed by atoms with Gasteiger partial charge in [0.05, 0.1) is 0 Å². The van der Waals surface area contributed by atoms with Gasteiger partial charge in [0.25, 0.3) is 0 Å². The van der Waals surface area contributed by atoms with Gasteiger partial charge in [-0.05, 0) is 30.6 Å². The molecule has 2 saturated carbocycles. The summed E-state index contributed by atoms with van der Waals surface area (Å²) in [7, 11) is 1.77. The van der Waals surface area contributed by atoms with Crippen LogP contribution in [0.1, 0.15) is 39.0 Å². The monoisotopic (exact) mass is 195 g/mol. The SMILES string of the molecule is CNC(=O)[C@H]1C2CCCCC(C2)C1C. The molecule has 0 aromatic carbocycles. The summed E-state index contributed by atoms with van der Waals surface area (Å²) in [5, 5.41) is 2.83. The van der Waals surface area contributed by atoms with E-state index in [-0.39, 0.29) is 5.91 Å². The Hall–Kier alpha value is -0.530. The second-order valence-electron chi connectivity index (χ2n) is 5.04. The van der Waals surface area contributed by atoms with E-state index < -0.39 is 0 Å². The van der Waals surface area contributed by atoms with Gasteiger partial charge in [0.15, 0.2) is 0 Å². The van der Waals surface area contributed by atoms with Crippen LogP contribution >= 0.6 is 0 Å². The lowest BCUT2D eigenvalue weighted by Gasteiger charge is -2.24. The molecule has 2 heteroatoms. The first-order valence-corrected chi connectivity index (χ1v) is 5.95. The van der Waals surface area contributed by atoms with Gasteiger partial charge in [-0.1, -0.05) is 26.2 Å². The first-order valence-electron chi connectivity index (χ1n) is 5.95. The third-order valence-corrected chi connectivity index (χ3v) is 4.37. The lowest BCUT2D eigenvalue weighted by molar-refractivity contribution is -0.127. The van der Waals surface area contributed by atoms with Gasteiger partial charge in [-0.15, -0.1) is 0 Å². The summed E-state index contributed by atoms with van der Waals surface area (Å²) in [6.07, 6.45) is 6.65. The van der Waals surface area contributed by atoms with Crippen LogP contribution in [-0.2, 0) is 4.79 Å². The highest BCUT2D eigenvalue weighted by atomic mass is 16.1. The van der Waals surface area contributed by atoms with Gasteiger partial charge < -0.3 is 5.32 Å². The number of hydrogen-bond acceptors (Lipinski definition) is 1. The normalized spacial score (nSPS) is 41.9. The summed E-state index contributed by atoms with van der Waals surface area (Å²) in [6, 6.07) is 0. The summed E-state index contributed by atoms with van der Waals surface area (Å²) in [5.74, 6) is 2.71. The summed E-state index contributed by atoms with van der Waals surface area (Å²) in [5.41, 5.74) is 0. The molecular weight excluding hydrogens is 174 g/mol. The van der Waals surface area contributed by atoms with Crippen molar-refractivity contribution in [2.24, 2.45) is 23.7 Å². The van der Waals surface area contributed by atoms with Crippen molar-refractivity contribution in [3.05, 3.63) is 0 Å². The van der Waals surface area contributed by atoms with Crippen molar-refractivity contribution in [1.82, 2.24) is 5.32 Å². The summed E-state index contributed by atoms with van der Waals surface area (Å²) < 4.78 is 0. The maximum atomic E-state index is 11.8. The van der Waals surface area contributed by atoms with Gasteiger partial charge in [0, 0.05) is 13.0 Å². The van der Waals surface area contributed by atoms with Gasteiger partial charge in [-0.25, -0.2) is 0 Å². The summed E-state index contributed by atoms with van der Waals surface area (Å²) >= 11 is 0. The van der Waals surface area contributed by atoms with E-state index in [1.807, 2.05) is 0 Å². The van der Waals surface area contributed by atoms with Gasteiger partial charge in [-0.3, -0.25) is 4.79 Å². The molecule has 0 radical (unpaired) electrons. The van der Waals surface area contributed by atoms with E-state index in [9.17, 15) is 4.79 Å². The molecule has 2 aliphatic rings. The zero-order valence-corrected chi connectivity index (χ0v) is 9.25. The molecule has 2 nitrogen and oxygen atoms in total. The van der Waals surface area contributed by atoms with Crippen LogP contribution in [0.3, 0.4) is 0 Å². The van der Waals surface area contributed by atoms with Crippen molar-refractivity contribution >= 4 is 5.91 Å². The molecule has 4 atom stereocenters. The number of carbonyl (C=O) groups excluding carboxylic acids is 1. The van der Waals surface area contributed by atoms with E-state index in [2.05, 4.69) is 12.2 Å². The molecular formula is C12H21NO. The Morgan fingerprint density at radius 3 is 2.50 bits per heavy atom. The number of fused-ring (bicyclic) bond motifs is 2.